The molecule has 2 N–H and O–H groups in total. The summed E-state index contributed by atoms with van der Waals surface area (Å²) in [7, 11) is 0. The van der Waals surface area contributed by atoms with Gasteiger partial charge in [-0.2, -0.15) is 5.26 Å². The molecule has 0 aliphatic carbocycles. The third kappa shape index (κ3) is 4.02. The number of hydrogen-bond acceptors (Lipinski definition) is 5. The number of nitrogens with zero attached hydrogens (tertiary/aromatic N) is 3. The van der Waals surface area contributed by atoms with E-state index in [9.17, 15) is 4.79 Å². The lowest BCUT2D eigenvalue weighted by molar-refractivity contribution is -0.131. The summed E-state index contributed by atoms with van der Waals surface area (Å²) in [5.41, 5.74) is 2.72. The Balaban J connectivity index is 1.29. The number of likely N-dealkylation sites (tertiary alicyclic amines) is 1. The topological polar surface area (TPSA) is 94.0 Å². The predicted molar refractivity (Wildman–Crippen MR) is 98.7 cm³/mol. The van der Waals surface area contributed by atoms with Crippen LogP contribution in [0.2, 0.25) is 0 Å². The summed E-state index contributed by atoms with van der Waals surface area (Å²) in [6.07, 6.45) is 4.27. The van der Waals surface area contributed by atoms with Gasteiger partial charge in [-0.15, -0.1) is 0 Å². The van der Waals surface area contributed by atoms with Crippen LogP contribution in [0.15, 0.2) is 30.5 Å². The minimum atomic E-state index is -0.129. The summed E-state index contributed by atoms with van der Waals surface area (Å²) in [6, 6.07) is 9.75. The first-order valence-corrected chi connectivity index (χ1v) is 9.36. The second-order valence-electron chi connectivity index (χ2n) is 7.11. The second-order valence-corrected chi connectivity index (χ2v) is 7.11. The number of imidazole rings is 1. The molecule has 0 radical (unpaired) electrons. The molecule has 2 atom stereocenters. The minimum absolute atomic E-state index is 0.129. The standard InChI is InChI=1S/C20H23N5O2/c21-10-15-3-1-14(2-4-15)9-19-23-12-16(24-19)11-22-18-5-7-25(20(18)26)17-6-8-27-13-17/h1-4,12,17-18,22H,5-9,11,13H2,(H,23,24)/t17-,18+/m1/s1. The van der Waals surface area contributed by atoms with Crippen molar-refractivity contribution < 1.29 is 9.53 Å². The van der Waals surface area contributed by atoms with E-state index >= 15 is 0 Å². The highest BCUT2D eigenvalue weighted by Crippen LogP contribution is 2.20. The van der Waals surface area contributed by atoms with Crippen LogP contribution in [0.4, 0.5) is 0 Å². The molecule has 2 aromatic rings. The van der Waals surface area contributed by atoms with Crippen molar-refractivity contribution in [2.24, 2.45) is 0 Å². The van der Waals surface area contributed by atoms with E-state index in [0.717, 1.165) is 43.1 Å². The third-order valence-electron chi connectivity index (χ3n) is 5.26. The van der Waals surface area contributed by atoms with E-state index < -0.39 is 0 Å². The van der Waals surface area contributed by atoms with Crippen molar-refractivity contribution in [3.05, 3.63) is 53.1 Å². The largest absolute Gasteiger partial charge is 0.379 e. The molecule has 140 valence electrons. The normalized spacial score (nSPS) is 22.3. The van der Waals surface area contributed by atoms with E-state index in [0.29, 0.717) is 25.1 Å². The molecule has 2 fully saturated rings. The van der Waals surface area contributed by atoms with Gasteiger partial charge in [0, 0.05) is 38.0 Å². The molecule has 1 amide bonds. The number of aromatic amines is 1. The first-order chi connectivity index (χ1) is 13.2. The molecular weight excluding hydrogens is 342 g/mol. The highest BCUT2D eigenvalue weighted by Gasteiger charge is 2.36. The zero-order valence-corrected chi connectivity index (χ0v) is 15.1. The third-order valence-corrected chi connectivity index (χ3v) is 5.26. The number of nitrogens with one attached hydrogen (secondary N) is 2. The Kier molecular flexibility index (Phi) is 5.19. The van der Waals surface area contributed by atoms with E-state index in [1.165, 1.54) is 0 Å². The van der Waals surface area contributed by atoms with Crippen molar-refractivity contribution in [1.82, 2.24) is 20.2 Å². The van der Waals surface area contributed by atoms with Crippen LogP contribution in [-0.2, 0) is 22.5 Å². The van der Waals surface area contributed by atoms with E-state index in [-0.39, 0.29) is 18.0 Å². The number of nitriles is 1. The van der Waals surface area contributed by atoms with Crippen molar-refractivity contribution in [2.45, 2.75) is 37.9 Å². The SMILES string of the molecule is N#Cc1ccc(Cc2ncc(CN[C@H]3CCN([C@@H]4CCOC4)C3=O)[nH]2)cc1. The number of hydrogen-bond donors (Lipinski definition) is 2. The van der Waals surface area contributed by atoms with Crippen LogP contribution in [0.3, 0.4) is 0 Å². The number of amides is 1. The lowest BCUT2D eigenvalue weighted by Gasteiger charge is -2.22. The number of benzene rings is 1. The van der Waals surface area contributed by atoms with Crippen LogP contribution in [0.1, 0.15) is 35.5 Å². The predicted octanol–water partition coefficient (Wildman–Crippen LogP) is 1.35. The van der Waals surface area contributed by atoms with Gasteiger partial charge in [-0.05, 0) is 30.5 Å². The molecule has 0 saturated carbocycles. The Morgan fingerprint density at radius 1 is 1.33 bits per heavy atom. The molecule has 7 heteroatoms. The van der Waals surface area contributed by atoms with Crippen LogP contribution in [0.5, 0.6) is 0 Å². The summed E-state index contributed by atoms with van der Waals surface area (Å²) in [5.74, 6) is 1.06. The summed E-state index contributed by atoms with van der Waals surface area (Å²) in [5, 5.41) is 12.2. The number of ether oxygens (including phenoxy) is 1. The molecule has 0 unspecified atom stereocenters. The minimum Gasteiger partial charge on any atom is -0.379 e. The van der Waals surface area contributed by atoms with Gasteiger partial charge >= 0.3 is 0 Å². The Hall–Kier alpha value is -2.69. The molecule has 27 heavy (non-hydrogen) atoms. The van der Waals surface area contributed by atoms with Crippen molar-refractivity contribution in [3.8, 4) is 6.07 Å². The van der Waals surface area contributed by atoms with Gasteiger partial charge in [0.05, 0.1) is 30.3 Å². The molecule has 2 aliphatic heterocycles. The first-order valence-electron chi connectivity index (χ1n) is 9.36. The quantitative estimate of drug-likeness (QED) is 0.806. The van der Waals surface area contributed by atoms with Gasteiger partial charge in [0.25, 0.3) is 0 Å². The highest BCUT2D eigenvalue weighted by molar-refractivity contribution is 5.84. The van der Waals surface area contributed by atoms with Gasteiger partial charge in [0.1, 0.15) is 5.82 Å². The van der Waals surface area contributed by atoms with Gasteiger partial charge in [-0.1, -0.05) is 12.1 Å². The molecule has 1 aromatic carbocycles. The van der Waals surface area contributed by atoms with E-state index in [1.54, 1.807) is 0 Å². The Morgan fingerprint density at radius 2 is 2.19 bits per heavy atom. The average molecular weight is 365 g/mol. The molecule has 1 aromatic heterocycles. The molecule has 4 rings (SSSR count). The van der Waals surface area contributed by atoms with Crippen LogP contribution < -0.4 is 5.32 Å². The Labute approximate surface area is 158 Å². The van der Waals surface area contributed by atoms with E-state index in [4.69, 9.17) is 10.00 Å². The van der Waals surface area contributed by atoms with Gasteiger partial charge in [-0.25, -0.2) is 4.98 Å². The van der Waals surface area contributed by atoms with E-state index in [1.807, 2.05) is 35.4 Å². The first kappa shape index (κ1) is 17.7. The summed E-state index contributed by atoms with van der Waals surface area (Å²) >= 11 is 0. The number of carbonyl (C=O) groups is 1. The molecule has 0 spiro atoms. The monoisotopic (exact) mass is 365 g/mol. The average Bonchev–Trinajstić information content (AvgIpc) is 3.42. The van der Waals surface area contributed by atoms with Gasteiger partial charge in [-0.3, -0.25) is 4.79 Å². The Morgan fingerprint density at radius 3 is 2.93 bits per heavy atom. The van der Waals surface area contributed by atoms with E-state index in [2.05, 4.69) is 21.4 Å². The fourth-order valence-electron chi connectivity index (χ4n) is 3.73. The lowest BCUT2D eigenvalue weighted by Crippen LogP contribution is -2.42. The second kappa shape index (κ2) is 7.91. The summed E-state index contributed by atoms with van der Waals surface area (Å²) in [4.78, 5) is 22.3. The molecule has 0 bridgehead atoms. The van der Waals surface area contributed by atoms with Crippen molar-refractivity contribution in [1.29, 1.82) is 5.26 Å². The summed E-state index contributed by atoms with van der Waals surface area (Å²) < 4.78 is 5.40. The van der Waals surface area contributed by atoms with Crippen LogP contribution >= 0.6 is 0 Å². The molecule has 3 heterocycles. The summed E-state index contributed by atoms with van der Waals surface area (Å²) in [6.45, 7) is 2.81. The zero-order chi connectivity index (χ0) is 18.6. The fraction of sp³-hybridized carbons (Fsp3) is 0.450. The zero-order valence-electron chi connectivity index (χ0n) is 15.1. The number of rotatable bonds is 6. The smallest absolute Gasteiger partial charge is 0.240 e. The van der Waals surface area contributed by atoms with Crippen LogP contribution in [0.25, 0.3) is 0 Å². The van der Waals surface area contributed by atoms with Gasteiger partial charge < -0.3 is 19.9 Å². The maximum absolute atomic E-state index is 12.6. The van der Waals surface area contributed by atoms with Gasteiger partial charge in [0.15, 0.2) is 0 Å². The molecule has 2 saturated heterocycles. The Bertz CT molecular complexity index is 833. The maximum atomic E-state index is 12.6. The number of H-pyrrole nitrogens is 1. The maximum Gasteiger partial charge on any atom is 0.240 e. The molecule has 2 aliphatic rings. The van der Waals surface area contributed by atoms with Crippen LogP contribution in [0, 0.1) is 11.3 Å². The van der Waals surface area contributed by atoms with Crippen molar-refractivity contribution in [2.75, 3.05) is 19.8 Å². The molecular formula is C20H23N5O2. The lowest BCUT2D eigenvalue weighted by atomic mass is 10.1. The number of aromatic nitrogens is 2. The van der Waals surface area contributed by atoms with Gasteiger partial charge in [0.2, 0.25) is 5.91 Å². The van der Waals surface area contributed by atoms with Crippen molar-refractivity contribution in [3.63, 3.8) is 0 Å². The van der Waals surface area contributed by atoms with Crippen molar-refractivity contribution >= 4 is 5.91 Å². The number of carbonyl (C=O) groups excluding carboxylic acids is 1. The molecule has 7 nitrogen and oxygen atoms in total. The fourth-order valence-corrected chi connectivity index (χ4v) is 3.73. The van der Waals surface area contributed by atoms with Crippen LogP contribution in [-0.4, -0.2) is 52.6 Å². The highest BCUT2D eigenvalue weighted by atomic mass is 16.5.